The third-order valence-corrected chi connectivity index (χ3v) is 2.97. The molecule has 3 nitrogen and oxygen atoms in total. The van der Waals surface area contributed by atoms with Gasteiger partial charge < -0.3 is 5.11 Å². The number of carboxylic acids is 1. The highest BCUT2D eigenvalue weighted by atomic mass is 16.4. The smallest absolute Gasteiger partial charge is 0.317 e. The third kappa shape index (κ3) is 1.74. The van der Waals surface area contributed by atoms with Crippen molar-refractivity contribution in [2.75, 3.05) is 0 Å². The van der Waals surface area contributed by atoms with Crippen molar-refractivity contribution in [3.05, 3.63) is 0 Å². The highest BCUT2D eigenvalue weighted by Gasteiger charge is 2.44. The number of rotatable bonds is 3. The van der Waals surface area contributed by atoms with Crippen LogP contribution in [-0.4, -0.2) is 16.9 Å². The maximum absolute atomic E-state index is 11.5. The molecule has 0 radical (unpaired) electrons. The molecule has 0 spiro atoms. The van der Waals surface area contributed by atoms with Crippen LogP contribution in [0, 0.1) is 5.41 Å². The molecular weight excluding hydrogens is 168 g/mol. The van der Waals surface area contributed by atoms with Crippen LogP contribution in [0.3, 0.4) is 0 Å². The fraction of sp³-hybridized carbons (Fsp3) is 0.800. The van der Waals surface area contributed by atoms with Crippen LogP contribution in [0.1, 0.15) is 45.4 Å². The Morgan fingerprint density at radius 2 is 1.77 bits per heavy atom. The summed E-state index contributed by atoms with van der Waals surface area (Å²) in [7, 11) is 0. The molecule has 1 fully saturated rings. The van der Waals surface area contributed by atoms with Gasteiger partial charge in [-0.3, -0.25) is 9.59 Å². The van der Waals surface area contributed by atoms with Gasteiger partial charge in [-0.05, 0) is 12.8 Å². The van der Waals surface area contributed by atoms with E-state index in [1.165, 1.54) is 0 Å². The molecule has 0 bridgehead atoms. The highest BCUT2D eigenvalue weighted by molar-refractivity contribution is 6.03. The Labute approximate surface area is 78.1 Å². The molecule has 1 saturated carbocycles. The standard InChI is InChI=1S/C10H16O3/c1-2-8(11)10(9(12)13)6-4-3-5-7-10/h2-7H2,1H3,(H,12,13). The lowest BCUT2D eigenvalue weighted by molar-refractivity contribution is -0.157. The number of Topliss-reactive ketones (excluding diaryl/α,β-unsaturated/α-hetero) is 1. The van der Waals surface area contributed by atoms with E-state index < -0.39 is 11.4 Å². The molecule has 13 heavy (non-hydrogen) atoms. The zero-order chi connectivity index (χ0) is 9.90. The lowest BCUT2D eigenvalue weighted by atomic mass is 9.70. The van der Waals surface area contributed by atoms with Gasteiger partial charge >= 0.3 is 5.97 Å². The van der Waals surface area contributed by atoms with E-state index in [-0.39, 0.29) is 5.78 Å². The second-order valence-electron chi connectivity index (χ2n) is 3.72. The number of carboxylic acid groups (broad SMARTS) is 1. The van der Waals surface area contributed by atoms with Crippen molar-refractivity contribution in [1.29, 1.82) is 0 Å². The largest absolute Gasteiger partial charge is 0.480 e. The molecule has 0 atom stereocenters. The quantitative estimate of drug-likeness (QED) is 0.682. The first-order valence-electron chi connectivity index (χ1n) is 4.90. The molecule has 0 aromatic carbocycles. The van der Waals surface area contributed by atoms with Gasteiger partial charge in [0.25, 0.3) is 0 Å². The van der Waals surface area contributed by atoms with Crippen LogP contribution in [-0.2, 0) is 9.59 Å². The summed E-state index contributed by atoms with van der Waals surface area (Å²) in [5.41, 5.74) is -1.03. The van der Waals surface area contributed by atoms with Gasteiger partial charge in [0.05, 0.1) is 0 Å². The molecule has 1 rings (SSSR count). The molecule has 74 valence electrons. The molecule has 1 aliphatic rings. The van der Waals surface area contributed by atoms with Crippen molar-refractivity contribution in [3.8, 4) is 0 Å². The first-order chi connectivity index (χ1) is 6.13. The second kappa shape index (κ2) is 3.90. The Bertz CT molecular complexity index is 214. The molecule has 0 heterocycles. The van der Waals surface area contributed by atoms with Crippen molar-refractivity contribution in [3.63, 3.8) is 0 Å². The van der Waals surface area contributed by atoms with E-state index in [1.807, 2.05) is 0 Å². The Hall–Kier alpha value is -0.860. The summed E-state index contributed by atoms with van der Waals surface area (Å²) in [4.78, 5) is 22.6. The molecule has 0 unspecified atom stereocenters. The Morgan fingerprint density at radius 1 is 1.23 bits per heavy atom. The van der Waals surface area contributed by atoms with E-state index >= 15 is 0 Å². The molecule has 0 aliphatic heterocycles. The average Bonchev–Trinajstić information content (AvgIpc) is 2.17. The fourth-order valence-electron chi connectivity index (χ4n) is 2.11. The summed E-state index contributed by atoms with van der Waals surface area (Å²) in [5.74, 6) is -1.02. The predicted octanol–water partition coefficient (Wildman–Crippen LogP) is 2.00. The number of hydrogen-bond donors (Lipinski definition) is 1. The molecular formula is C10H16O3. The molecule has 0 aromatic heterocycles. The normalized spacial score (nSPS) is 21.0. The van der Waals surface area contributed by atoms with Crippen LogP contribution >= 0.6 is 0 Å². The van der Waals surface area contributed by atoms with Crippen molar-refractivity contribution < 1.29 is 14.7 Å². The molecule has 0 saturated heterocycles. The van der Waals surface area contributed by atoms with Crippen LogP contribution < -0.4 is 0 Å². The minimum absolute atomic E-state index is 0.0975. The van der Waals surface area contributed by atoms with Crippen molar-refractivity contribution in [1.82, 2.24) is 0 Å². The lowest BCUT2D eigenvalue weighted by Gasteiger charge is -2.31. The number of ketones is 1. The fourth-order valence-corrected chi connectivity index (χ4v) is 2.11. The maximum Gasteiger partial charge on any atom is 0.317 e. The first kappa shape index (κ1) is 10.2. The minimum Gasteiger partial charge on any atom is -0.480 e. The zero-order valence-electron chi connectivity index (χ0n) is 8.01. The average molecular weight is 184 g/mol. The SMILES string of the molecule is CCC(=O)C1(C(=O)O)CCCCC1. The van der Waals surface area contributed by atoms with Gasteiger partial charge in [-0.2, -0.15) is 0 Å². The summed E-state index contributed by atoms with van der Waals surface area (Å²) in [6, 6.07) is 0. The number of carbonyl (C=O) groups excluding carboxylic acids is 1. The molecule has 1 N–H and O–H groups in total. The van der Waals surface area contributed by atoms with Gasteiger partial charge in [-0.15, -0.1) is 0 Å². The predicted molar refractivity (Wildman–Crippen MR) is 48.5 cm³/mol. The van der Waals surface area contributed by atoms with E-state index in [1.54, 1.807) is 6.92 Å². The van der Waals surface area contributed by atoms with Gasteiger partial charge in [0.1, 0.15) is 11.2 Å². The third-order valence-electron chi connectivity index (χ3n) is 2.97. The summed E-state index contributed by atoms with van der Waals surface area (Å²) in [6.45, 7) is 1.74. The van der Waals surface area contributed by atoms with Crippen LogP contribution in [0.25, 0.3) is 0 Å². The van der Waals surface area contributed by atoms with E-state index in [2.05, 4.69) is 0 Å². The Kier molecular flexibility index (Phi) is 3.07. The summed E-state index contributed by atoms with van der Waals surface area (Å²) in [5, 5.41) is 9.07. The monoisotopic (exact) mass is 184 g/mol. The Morgan fingerprint density at radius 3 is 2.15 bits per heavy atom. The van der Waals surface area contributed by atoms with Gasteiger partial charge in [-0.1, -0.05) is 26.2 Å². The van der Waals surface area contributed by atoms with Gasteiger partial charge in [0, 0.05) is 6.42 Å². The van der Waals surface area contributed by atoms with E-state index in [9.17, 15) is 9.59 Å². The molecule has 3 heteroatoms. The highest BCUT2D eigenvalue weighted by Crippen LogP contribution is 2.38. The van der Waals surface area contributed by atoms with Crippen LogP contribution in [0.2, 0.25) is 0 Å². The lowest BCUT2D eigenvalue weighted by Crippen LogP contribution is -2.40. The van der Waals surface area contributed by atoms with Gasteiger partial charge in [0.15, 0.2) is 0 Å². The number of aliphatic carboxylic acids is 1. The summed E-state index contributed by atoms with van der Waals surface area (Å²) in [6.07, 6.45) is 4.22. The summed E-state index contributed by atoms with van der Waals surface area (Å²) >= 11 is 0. The number of carbonyl (C=O) groups is 2. The summed E-state index contributed by atoms with van der Waals surface area (Å²) < 4.78 is 0. The van der Waals surface area contributed by atoms with Crippen molar-refractivity contribution in [2.45, 2.75) is 45.4 Å². The van der Waals surface area contributed by atoms with Crippen LogP contribution in [0.5, 0.6) is 0 Å². The van der Waals surface area contributed by atoms with Gasteiger partial charge in [0.2, 0.25) is 0 Å². The van der Waals surface area contributed by atoms with Crippen molar-refractivity contribution >= 4 is 11.8 Å². The van der Waals surface area contributed by atoms with E-state index in [0.29, 0.717) is 19.3 Å². The Balaban J connectivity index is 2.85. The molecule has 1 aliphatic carbocycles. The molecule has 0 amide bonds. The van der Waals surface area contributed by atoms with E-state index in [0.717, 1.165) is 19.3 Å². The minimum atomic E-state index is -1.03. The van der Waals surface area contributed by atoms with Crippen LogP contribution in [0.15, 0.2) is 0 Å². The second-order valence-corrected chi connectivity index (χ2v) is 3.72. The topological polar surface area (TPSA) is 54.4 Å². The maximum atomic E-state index is 11.5. The zero-order valence-corrected chi connectivity index (χ0v) is 8.01. The number of hydrogen-bond acceptors (Lipinski definition) is 2. The van der Waals surface area contributed by atoms with E-state index in [4.69, 9.17) is 5.11 Å². The van der Waals surface area contributed by atoms with Crippen molar-refractivity contribution in [2.24, 2.45) is 5.41 Å². The molecule has 0 aromatic rings. The first-order valence-corrected chi connectivity index (χ1v) is 4.90. The van der Waals surface area contributed by atoms with Gasteiger partial charge in [-0.25, -0.2) is 0 Å². The van der Waals surface area contributed by atoms with Crippen LogP contribution in [0.4, 0.5) is 0 Å².